The number of hydrogen-bond donors (Lipinski definition) is 0. The summed E-state index contributed by atoms with van der Waals surface area (Å²) < 4.78 is 35.5. The smallest absolute Gasteiger partial charge is 0.326 e. The predicted molar refractivity (Wildman–Crippen MR) is 599 cm³/mol. The maximum Gasteiger partial charge on any atom is 0.326 e. The van der Waals surface area contributed by atoms with E-state index in [4.69, 9.17) is 28.4 Å². The first kappa shape index (κ1) is 140. The molecule has 0 aromatic rings. The summed E-state index contributed by atoms with van der Waals surface area (Å²) in [6.07, 6.45) is 78.4. The molecule has 0 radical (unpaired) electrons. The normalized spacial score (nSPS) is 11.5. The fourth-order valence-electron chi connectivity index (χ4n) is 17.1. The fraction of sp³-hybridized carbons (Fsp3) is 0.905. The van der Waals surface area contributed by atoms with Crippen molar-refractivity contribution in [1.82, 2.24) is 29.4 Å². The van der Waals surface area contributed by atoms with Gasteiger partial charge in [0.25, 0.3) is 15.7 Å². The van der Waals surface area contributed by atoms with Crippen molar-refractivity contribution in [2.75, 3.05) is 124 Å². The van der Waals surface area contributed by atoms with Crippen LogP contribution in [0.5, 0.6) is 0 Å². The van der Waals surface area contributed by atoms with E-state index in [1.54, 1.807) is 0 Å². The summed E-state index contributed by atoms with van der Waals surface area (Å²) >= 11 is 3.52. The van der Waals surface area contributed by atoms with Crippen molar-refractivity contribution in [3.63, 3.8) is 0 Å². The van der Waals surface area contributed by atoms with Gasteiger partial charge in [-0.3, -0.25) is 43.2 Å². The van der Waals surface area contributed by atoms with Crippen molar-refractivity contribution in [2.24, 2.45) is 0 Å². The Morgan fingerprint density at radius 2 is 0.407 bits per heavy atom. The molecular formula is C116H224N6O15S3. The van der Waals surface area contributed by atoms with Gasteiger partial charge in [0.05, 0.1) is 0 Å². The van der Waals surface area contributed by atoms with Crippen LogP contribution in [-0.4, -0.2) is 236 Å². The number of nitrogens with zero attached hydrogens (tertiary/aromatic N) is 6. The first-order valence-corrected chi connectivity index (χ1v) is 61.4. The molecule has 0 saturated carbocycles. The van der Waals surface area contributed by atoms with Crippen LogP contribution in [0.15, 0.2) is 12.2 Å². The third-order valence-corrected chi connectivity index (χ3v) is 28.9. The van der Waals surface area contributed by atoms with Gasteiger partial charge in [-0.1, -0.05) is 414 Å². The molecule has 0 atom stereocenters. The molecule has 0 heterocycles. The summed E-state index contributed by atoms with van der Waals surface area (Å²) in [5, 5.41) is -0.788. The Morgan fingerprint density at radius 1 is 0.221 bits per heavy atom. The van der Waals surface area contributed by atoms with Crippen molar-refractivity contribution in [3.05, 3.63) is 12.2 Å². The van der Waals surface area contributed by atoms with Crippen LogP contribution in [0.2, 0.25) is 0 Å². The highest BCUT2D eigenvalue weighted by Gasteiger charge is 2.30. The summed E-state index contributed by atoms with van der Waals surface area (Å²) in [7, 11) is 8.01. The van der Waals surface area contributed by atoms with E-state index in [1.165, 1.54) is 250 Å². The monoisotopic (exact) mass is 2040 g/mol. The molecule has 0 N–H and O–H groups in total. The third kappa shape index (κ3) is 96.1. The van der Waals surface area contributed by atoms with Gasteiger partial charge in [-0.25, -0.2) is 0 Å². The predicted octanol–water partition coefficient (Wildman–Crippen LogP) is 32.3. The van der Waals surface area contributed by atoms with E-state index < -0.39 is 35.8 Å². The first-order valence-electron chi connectivity index (χ1n) is 58.5. The van der Waals surface area contributed by atoms with Gasteiger partial charge in [0.15, 0.2) is 0 Å². The Labute approximate surface area is 875 Å². The Morgan fingerprint density at radius 3 is 0.600 bits per heavy atom. The minimum absolute atomic E-state index is 0.137. The van der Waals surface area contributed by atoms with E-state index in [9.17, 15) is 43.2 Å². The zero-order valence-corrected chi connectivity index (χ0v) is 96.7. The lowest BCUT2D eigenvalue weighted by Gasteiger charge is -2.25. The summed E-state index contributed by atoms with van der Waals surface area (Å²) in [4.78, 5) is 130. The largest absolute Gasteiger partial charge is 0.461 e. The number of esters is 6. The molecule has 0 aromatic heterocycles. The third-order valence-electron chi connectivity index (χ3n) is 25.9. The second kappa shape index (κ2) is 108. The van der Waals surface area contributed by atoms with Gasteiger partial charge in [-0.15, -0.1) is 0 Å². The summed E-state index contributed by atoms with van der Waals surface area (Å²) in [5.41, 5.74) is 0. The molecule has 0 unspecified atom stereocenters. The van der Waals surface area contributed by atoms with Crippen LogP contribution in [-0.2, 0) is 57.2 Å². The minimum Gasteiger partial charge on any atom is -0.461 e. The van der Waals surface area contributed by atoms with Gasteiger partial charge in [0, 0.05) is 17.3 Å². The van der Waals surface area contributed by atoms with Gasteiger partial charge in [-0.2, -0.15) is 0 Å². The molecule has 140 heavy (non-hydrogen) atoms. The van der Waals surface area contributed by atoms with E-state index in [0.29, 0.717) is 17.3 Å². The Kier molecular flexibility index (Phi) is 108. The first-order chi connectivity index (χ1) is 67.9. The molecule has 0 rings (SSSR count). The highest BCUT2D eigenvalue weighted by molar-refractivity contribution is 8.14. The average Bonchev–Trinajstić information content (AvgIpc) is 0.895. The summed E-state index contributed by atoms with van der Waals surface area (Å²) in [6.45, 7) is 32.1. The maximum absolute atomic E-state index is 13.5. The van der Waals surface area contributed by atoms with Crippen LogP contribution in [0.3, 0.4) is 0 Å². The lowest BCUT2D eigenvalue weighted by Crippen LogP contribution is -2.40. The number of hydrogen-bond acceptors (Lipinski definition) is 21. The van der Waals surface area contributed by atoms with Crippen LogP contribution in [0.4, 0.5) is 14.4 Å². The van der Waals surface area contributed by atoms with Crippen LogP contribution in [0.1, 0.15) is 527 Å². The molecule has 826 valence electrons. The average molecular weight is 2040 g/mol. The summed E-state index contributed by atoms with van der Waals surface area (Å²) in [6, 6.07) is 0. The van der Waals surface area contributed by atoms with Gasteiger partial charge in [0.1, 0.15) is 76.4 Å². The lowest BCUT2D eigenvalue weighted by atomic mass is 10.0. The molecule has 0 aromatic carbocycles. The lowest BCUT2D eigenvalue weighted by molar-refractivity contribution is -0.155. The number of carbonyl (C=O) groups is 9. The molecule has 3 amide bonds. The van der Waals surface area contributed by atoms with Crippen molar-refractivity contribution >= 4 is 86.8 Å². The Hall–Kier alpha value is -4.10. The van der Waals surface area contributed by atoms with E-state index in [0.717, 1.165) is 269 Å². The highest BCUT2D eigenvalue weighted by atomic mass is 32.2. The summed E-state index contributed by atoms with van der Waals surface area (Å²) in [5.74, 6) is -0.707. The highest BCUT2D eigenvalue weighted by Crippen LogP contribution is 2.26. The molecule has 0 aliphatic carbocycles. The number of ether oxygens (including phenoxy) is 6. The standard InChI is InChI=1S/C42H82N2O5S.C40H78N2O5S.C34H64N2O5S/c1-7-13-17-21-25-30-38(31-26-22-18-14-8-2)48-40(45)36-44(42(47)50-35-29-34-43(11-5)12-6)37-41(46)49-39(32-27-23-19-15-9-3)33-28-24-20-16-10-4;1-7-11-15-19-23-28-36(29-24-20-16-12-8-2)46-38(43)34-42(40(45)48-33-27-32-41(5)6)35-39(44)47-37(30-25-21-17-13-9-3)31-26-22-18-14-10-4;1-6-9-12-15-16-19-22-27-40-32(37)29-36(34(39)42-28-23-26-35(4)5)30-33(38)41-31(24-20-17-13-10-7-2)25-21-18-14-11-8-3/h38-39H,7-37H2,1-6H3;36-37H,7-35H2,1-6H3;19,22,31H,6-18,20-21,23-30H2,1-5H3/b;;22-19-. The SMILES string of the molecule is CCCCCC/C=C\COC(=O)CN(CC(=O)OC(CCCCCCC)CCCCCCC)C(=O)SCCCN(C)C.CCCCCCCC(CCCCCCC)OC(=O)CN(CC(=O)OC(CCCCCCC)CCCCCCC)C(=O)SCCCN(C)C.CCCCCCCC(CCCCCCC)OC(=O)CN(CC(=O)OC(CCCCCCC)CCCCCCC)C(=O)SCCCN(CC)CC. The number of rotatable bonds is 98. The fourth-order valence-corrected chi connectivity index (χ4v) is 19.4. The molecule has 21 nitrogen and oxygen atoms in total. The molecule has 0 spiro atoms. The van der Waals surface area contributed by atoms with E-state index in [1.807, 2.05) is 40.3 Å². The molecule has 0 aliphatic heterocycles. The zero-order chi connectivity index (χ0) is 104. The van der Waals surface area contributed by atoms with E-state index in [2.05, 4.69) is 105 Å². The number of amides is 3. The van der Waals surface area contributed by atoms with Crippen LogP contribution in [0, 0.1) is 0 Å². The second-order valence-corrected chi connectivity index (χ2v) is 43.3. The number of allylic oxidation sites excluding steroid dienone is 1. The van der Waals surface area contributed by atoms with Crippen LogP contribution >= 0.6 is 35.3 Å². The van der Waals surface area contributed by atoms with Crippen molar-refractivity contribution in [3.8, 4) is 0 Å². The van der Waals surface area contributed by atoms with Gasteiger partial charge in [0.2, 0.25) is 0 Å². The van der Waals surface area contributed by atoms with E-state index >= 15 is 0 Å². The number of thioether (sulfide) groups is 3. The molecule has 0 aliphatic rings. The molecule has 0 bridgehead atoms. The number of carbonyl (C=O) groups excluding carboxylic acids is 9. The Balaban J connectivity index is -0.00000202. The second-order valence-electron chi connectivity index (χ2n) is 40.2. The molecular weight excluding hydrogens is 1810 g/mol. The Bertz CT molecular complexity index is 2680. The molecule has 0 saturated heterocycles. The quantitative estimate of drug-likeness (QED) is 0.0238. The molecule has 0 fully saturated rings. The van der Waals surface area contributed by atoms with Crippen LogP contribution < -0.4 is 0 Å². The zero-order valence-electron chi connectivity index (χ0n) is 94.3. The van der Waals surface area contributed by atoms with E-state index in [-0.39, 0.29) is 92.1 Å². The van der Waals surface area contributed by atoms with Gasteiger partial charge in [-0.05, 0) is 221 Å². The van der Waals surface area contributed by atoms with Crippen molar-refractivity contribution < 1.29 is 71.6 Å². The van der Waals surface area contributed by atoms with Crippen LogP contribution in [0.25, 0.3) is 0 Å². The topological polar surface area (TPSA) is 228 Å². The minimum atomic E-state index is -0.510. The van der Waals surface area contributed by atoms with Gasteiger partial charge >= 0.3 is 35.8 Å². The van der Waals surface area contributed by atoms with Crippen molar-refractivity contribution in [1.29, 1.82) is 0 Å². The van der Waals surface area contributed by atoms with Gasteiger partial charge < -0.3 is 57.8 Å². The maximum atomic E-state index is 13.5. The number of unbranched alkanes of at least 4 members (excludes halogenated alkanes) is 44. The molecule has 24 heteroatoms. The van der Waals surface area contributed by atoms with Crippen molar-refractivity contribution in [2.45, 2.75) is 557 Å².